The van der Waals surface area contributed by atoms with Crippen molar-refractivity contribution in [2.45, 2.75) is 72.3 Å². The van der Waals surface area contributed by atoms with Crippen molar-refractivity contribution in [3.05, 3.63) is 0 Å². The van der Waals surface area contributed by atoms with Crippen LogP contribution < -0.4 is 0 Å². The first-order valence-electron chi connectivity index (χ1n) is 8.53. The molecule has 0 aromatic carbocycles. The van der Waals surface area contributed by atoms with Crippen LogP contribution >= 0.6 is 0 Å². The molecule has 1 aliphatic rings. The molecular weight excluding hydrogens is 290 g/mol. The molecule has 1 aliphatic carbocycles. The molecule has 0 saturated heterocycles. The molecular formula is C19H31NO3. The van der Waals surface area contributed by atoms with Gasteiger partial charge in [-0.25, -0.2) is 0 Å². The summed E-state index contributed by atoms with van der Waals surface area (Å²) in [7, 11) is 1.50. The van der Waals surface area contributed by atoms with Crippen molar-refractivity contribution in [3.63, 3.8) is 0 Å². The van der Waals surface area contributed by atoms with E-state index in [9.17, 15) is 4.79 Å². The first kappa shape index (κ1) is 19.5. The standard InChI is InChI=1S/C19H31NO3/c1-14(2)11-16-12-15(13-16)7-8-17(20-22-6)9-10-18(21)23-19(3,4)5/h14-16H,9-13H2,1-6H3/b20-17+/t15-,16+. The second kappa shape index (κ2) is 8.96. The quantitative estimate of drug-likeness (QED) is 0.319. The van der Waals surface area contributed by atoms with E-state index in [1.54, 1.807) is 0 Å². The first-order valence-corrected chi connectivity index (χ1v) is 8.53. The Bertz CT molecular complexity index is 471. The Labute approximate surface area is 141 Å². The number of ether oxygens (including phenoxy) is 1. The van der Waals surface area contributed by atoms with E-state index in [4.69, 9.17) is 9.57 Å². The minimum atomic E-state index is -0.460. The monoisotopic (exact) mass is 321 g/mol. The third-order valence-electron chi connectivity index (χ3n) is 3.65. The lowest BCUT2D eigenvalue weighted by atomic mass is 9.72. The predicted octanol–water partition coefficient (Wildman–Crippen LogP) is 4.19. The first-order chi connectivity index (χ1) is 10.7. The van der Waals surface area contributed by atoms with Crippen molar-refractivity contribution in [1.82, 2.24) is 0 Å². The van der Waals surface area contributed by atoms with E-state index in [0.717, 1.165) is 11.8 Å². The lowest BCUT2D eigenvalue weighted by molar-refractivity contribution is -0.154. The molecule has 1 rings (SSSR count). The molecule has 0 atom stereocenters. The van der Waals surface area contributed by atoms with E-state index >= 15 is 0 Å². The molecule has 1 saturated carbocycles. The van der Waals surface area contributed by atoms with E-state index in [1.807, 2.05) is 20.8 Å². The normalized spacial score (nSPS) is 21.3. The van der Waals surface area contributed by atoms with Crippen LogP contribution in [0.5, 0.6) is 0 Å². The van der Waals surface area contributed by atoms with Crippen molar-refractivity contribution >= 4 is 11.7 Å². The van der Waals surface area contributed by atoms with Gasteiger partial charge in [-0.15, -0.1) is 0 Å². The second-order valence-electron chi connectivity index (χ2n) is 7.74. The largest absolute Gasteiger partial charge is 0.460 e. The summed E-state index contributed by atoms with van der Waals surface area (Å²) >= 11 is 0. The molecule has 4 nitrogen and oxygen atoms in total. The molecule has 0 aromatic heterocycles. The molecule has 0 amide bonds. The number of hydrogen-bond acceptors (Lipinski definition) is 4. The maximum atomic E-state index is 11.8. The van der Waals surface area contributed by atoms with Crippen LogP contribution in [-0.4, -0.2) is 24.4 Å². The summed E-state index contributed by atoms with van der Waals surface area (Å²) in [5.41, 5.74) is 0.157. The maximum absolute atomic E-state index is 11.8. The molecule has 1 fully saturated rings. The molecule has 130 valence electrons. The van der Waals surface area contributed by atoms with Gasteiger partial charge in [0.2, 0.25) is 0 Å². The fourth-order valence-electron chi connectivity index (χ4n) is 2.75. The summed E-state index contributed by atoms with van der Waals surface area (Å²) in [5, 5.41) is 3.93. The van der Waals surface area contributed by atoms with Gasteiger partial charge >= 0.3 is 5.97 Å². The smallest absolute Gasteiger partial charge is 0.306 e. The van der Waals surface area contributed by atoms with Crippen molar-refractivity contribution in [2.24, 2.45) is 22.9 Å². The van der Waals surface area contributed by atoms with Crippen LogP contribution in [0.4, 0.5) is 0 Å². The Hall–Kier alpha value is -1.50. The van der Waals surface area contributed by atoms with Gasteiger partial charge in [0, 0.05) is 12.3 Å². The Balaban J connectivity index is 2.41. The lowest BCUT2D eigenvalue weighted by Gasteiger charge is -2.33. The van der Waals surface area contributed by atoms with Crippen LogP contribution in [-0.2, 0) is 14.4 Å². The highest BCUT2D eigenvalue weighted by atomic mass is 16.6. The van der Waals surface area contributed by atoms with Gasteiger partial charge in [-0.05, 0) is 57.8 Å². The summed E-state index contributed by atoms with van der Waals surface area (Å²) < 4.78 is 5.29. The van der Waals surface area contributed by atoms with E-state index in [1.165, 1.54) is 26.4 Å². The van der Waals surface area contributed by atoms with Crippen LogP contribution in [0.1, 0.15) is 66.7 Å². The van der Waals surface area contributed by atoms with Gasteiger partial charge < -0.3 is 9.57 Å². The van der Waals surface area contributed by atoms with Crippen LogP contribution in [0.2, 0.25) is 0 Å². The fourth-order valence-corrected chi connectivity index (χ4v) is 2.75. The molecule has 23 heavy (non-hydrogen) atoms. The van der Waals surface area contributed by atoms with Gasteiger partial charge in [-0.2, -0.15) is 0 Å². The zero-order valence-electron chi connectivity index (χ0n) is 15.4. The topological polar surface area (TPSA) is 47.9 Å². The number of oxime groups is 1. The summed E-state index contributed by atoms with van der Waals surface area (Å²) in [5.74, 6) is 8.15. The van der Waals surface area contributed by atoms with Crippen molar-refractivity contribution in [2.75, 3.05) is 7.11 Å². The Morgan fingerprint density at radius 3 is 2.43 bits per heavy atom. The average molecular weight is 321 g/mol. The van der Waals surface area contributed by atoms with Crippen molar-refractivity contribution in [1.29, 1.82) is 0 Å². The van der Waals surface area contributed by atoms with Gasteiger partial charge in [0.25, 0.3) is 0 Å². The Morgan fingerprint density at radius 2 is 1.91 bits per heavy atom. The summed E-state index contributed by atoms with van der Waals surface area (Å²) in [6.07, 6.45) is 4.37. The summed E-state index contributed by atoms with van der Waals surface area (Å²) in [6.45, 7) is 10.1. The molecule has 0 aromatic rings. The molecule has 0 unspecified atom stereocenters. The molecule has 0 heterocycles. The number of hydrogen-bond donors (Lipinski definition) is 0. The molecule has 0 radical (unpaired) electrons. The minimum Gasteiger partial charge on any atom is -0.460 e. The predicted molar refractivity (Wildman–Crippen MR) is 93.0 cm³/mol. The van der Waals surface area contributed by atoms with Gasteiger partial charge in [0.1, 0.15) is 18.4 Å². The highest BCUT2D eigenvalue weighted by Crippen LogP contribution is 2.37. The highest BCUT2D eigenvalue weighted by Gasteiger charge is 2.28. The minimum absolute atomic E-state index is 0.233. The highest BCUT2D eigenvalue weighted by molar-refractivity contribution is 6.01. The van der Waals surface area contributed by atoms with Crippen LogP contribution in [0.15, 0.2) is 5.16 Å². The molecule has 0 N–H and O–H groups in total. The van der Waals surface area contributed by atoms with Gasteiger partial charge in [-0.3, -0.25) is 4.79 Å². The maximum Gasteiger partial charge on any atom is 0.306 e. The zero-order chi connectivity index (χ0) is 17.5. The van der Waals surface area contributed by atoms with Crippen LogP contribution in [0, 0.1) is 29.6 Å². The van der Waals surface area contributed by atoms with E-state index in [-0.39, 0.29) is 12.4 Å². The van der Waals surface area contributed by atoms with Crippen molar-refractivity contribution in [3.8, 4) is 11.8 Å². The lowest BCUT2D eigenvalue weighted by Crippen LogP contribution is -2.24. The Morgan fingerprint density at radius 1 is 1.26 bits per heavy atom. The third kappa shape index (κ3) is 8.64. The van der Waals surface area contributed by atoms with E-state index < -0.39 is 5.60 Å². The number of carbonyl (C=O) groups is 1. The number of nitrogens with zero attached hydrogens (tertiary/aromatic N) is 1. The fraction of sp³-hybridized carbons (Fsp3) is 0.789. The van der Waals surface area contributed by atoms with Crippen molar-refractivity contribution < 1.29 is 14.4 Å². The van der Waals surface area contributed by atoms with Gasteiger partial charge in [0.15, 0.2) is 0 Å². The van der Waals surface area contributed by atoms with Crippen LogP contribution in [0.25, 0.3) is 0 Å². The molecule has 0 spiro atoms. The number of rotatable bonds is 6. The summed E-state index contributed by atoms with van der Waals surface area (Å²) in [4.78, 5) is 16.6. The number of carbonyl (C=O) groups excluding carboxylic acids is 1. The third-order valence-corrected chi connectivity index (χ3v) is 3.65. The van der Waals surface area contributed by atoms with Gasteiger partial charge in [0.05, 0.1) is 6.42 Å². The molecule has 0 aliphatic heterocycles. The zero-order valence-corrected chi connectivity index (χ0v) is 15.4. The summed E-state index contributed by atoms with van der Waals surface area (Å²) in [6, 6.07) is 0. The van der Waals surface area contributed by atoms with E-state index in [2.05, 4.69) is 30.8 Å². The van der Waals surface area contributed by atoms with Gasteiger partial charge in [-0.1, -0.05) is 24.9 Å². The Kier molecular flexibility index (Phi) is 7.61. The SMILES string of the molecule is CO/N=C(\C#C[C@H]1C[C@@H](CC(C)C)C1)CCC(=O)OC(C)(C)C. The molecule has 4 heteroatoms. The number of esters is 1. The van der Waals surface area contributed by atoms with Crippen LogP contribution in [0.3, 0.4) is 0 Å². The molecule has 0 bridgehead atoms. The average Bonchev–Trinajstić information content (AvgIpc) is 2.35. The van der Waals surface area contributed by atoms with E-state index in [0.29, 0.717) is 18.1 Å². The second-order valence-corrected chi connectivity index (χ2v) is 7.74.